The number of H-pyrrole nitrogens is 1. The van der Waals surface area contributed by atoms with Gasteiger partial charge in [-0.1, -0.05) is 25.5 Å². The number of benzene rings is 2. The van der Waals surface area contributed by atoms with E-state index < -0.39 is 0 Å². The largest absolute Gasteiger partial charge is 0.497 e. The number of ether oxygens (including phenoxy) is 2. The van der Waals surface area contributed by atoms with Gasteiger partial charge in [0.25, 0.3) is 11.5 Å². The number of para-hydroxylation sites is 1. The molecule has 1 aromatic heterocycles. The zero-order valence-electron chi connectivity index (χ0n) is 16.9. The SMILES string of the molecule is CCCCN(Cc1nc2ccccc2c(=O)[nH]1)C(=O)c1cc(OC)cc(OC)c1. The predicted molar refractivity (Wildman–Crippen MR) is 112 cm³/mol. The fourth-order valence-corrected chi connectivity index (χ4v) is 3.11. The Labute approximate surface area is 169 Å². The smallest absolute Gasteiger partial charge is 0.258 e. The highest BCUT2D eigenvalue weighted by atomic mass is 16.5. The van der Waals surface area contributed by atoms with E-state index in [4.69, 9.17) is 9.47 Å². The fraction of sp³-hybridized carbons (Fsp3) is 0.318. The summed E-state index contributed by atoms with van der Waals surface area (Å²) in [5, 5.41) is 0.528. The maximum Gasteiger partial charge on any atom is 0.258 e. The highest BCUT2D eigenvalue weighted by molar-refractivity contribution is 5.95. The van der Waals surface area contributed by atoms with E-state index >= 15 is 0 Å². The van der Waals surface area contributed by atoms with E-state index in [1.54, 1.807) is 55.5 Å². The van der Waals surface area contributed by atoms with Gasteiger partial charge >= 0.3 is 0 Å². The zero-order chi connectivity index (χ0) is 20.8. The van der Waals surface area contributed by atoms with E-state index in [1.165, 1.54) is 0 Å². The van der Waals surface area contributed by atoms with Crippen LogP contribution in [0.4, 0.5) is 0 Å². The van der Waals surface area contributed by atoms with Gasteiger partial charge in [0.15, 0.2) is 0 Å². The number of hydrogen-bond acceptors (Lipinski definition) is 5. The van der Waals surface area contributed by atoms with Crippen LogP contribution in [0, 0.1) is 0 Å². The summed E-state index contributed by atoms with van der Waals surface area (Å²) in [7, 11) is 3.09. The van der Waals surface area contributed by atoms with Crippen LogP contribution in [0.25, 0.3) is 10.9 Å². The van der Waals surface area contributed by atoms with Crippen molar-refractivity contribution in [2.75, 3.05) is 20.8 Å². The van der Waals surface area contributed by atoms with E-state index in [0.717, 1.165) is 12.8 Å². The third-order valence-corrected chi connectivity index (χ3v) is 4.67. The first kappa shape index (κ1) is 20.4. The van der Waals surface area contributed by atoms with Crippen molar-refractivity contribution in [2.24, 2.45) is 0 Å². The van der Waals surface area contributed by atoms with Crippen LogP contribution in [-0.2, 0) is 6.54 Å². The summed E-state index contributed by atoms with van der Waals surface area (Å²) < 4.78 is 10.6. The molecule has 0 spiro atoms. The number of amides is 1. The van der Waals surface area contributed by atoms with E-state index in [0.29, 0.717) is 40.3 Å². The Bertz CT molecular complexity index is 1040. The number of unbranched alkanes of at least 4 members (excludes halogenated alkanes) is 1. The summed E-state index contributed by atoms with van der Waals surface area (Å²) in [6.45, 7) is 2.82. The lowest BCUT2D eigenvalue weighted by Gasteiger charge is -2.23. The number of fused-ring (bicyclic) bond motifs is 1. The average molecular weight is 395 g/mol. The Morgan fingerprint density at radius 3 is 2.45 bits per heavy atom. The second-order valence-corrected chi connectivity index (χ2v) is 6.71. The quantitative estimate of drug-likeness (QED) is 0.632. The Hall–Kier alpha value is -3.35. The van der Waals surface area contributed by atoms with Crippen LogP contribution in [0.1, 0.15) is 35.9 Å². The molecule has 0 bridgehead atoms. The first-order valence-corrected chi connectivity index (χ1v) is 9.56. The lowest BCUT2D eigenvalue weighted by Crippen LogP contribution is -2.33. The Morgan fingerprint density at radius 2 is 1.79 bits per heavy atom. The molecule has 2 aromatic carbocycles. The van der Waals surface area contributed by atoms with Gasteiger partial charge in [0, 0.05) is 18.2 Å². The number of aromatic amines is 1. The Morgan fingerprint density at radius 1 is 1.10 bits per heavy atom. The molecule has 7 heteroatoms. The minimum atomic E-state index is -0.212. The molecule has 0 saturated heterocycles. The number of carbonyl (C=O) groups is 1. The van der Waals surface area contributed by atoms with Gasteiger partial charge in [0.05, 0.1) is 31.7 Å². The van der Waals surface area contributed by atoms with E-state index in [-0.39, 0.29) is 18.0 Å². The van der Waals surface area contributed by atoms with Gasteiger partial charge in [-0.05, 0) is 30.7 Å². The molecule has 1 amide bonds. The Kier molecular flexibility index (Phi) is 6.49. The molecule has 7 nitrogen and oxygen atoms in total. The molecule has 0 atom stereocenters. The van der Waals surface area contributed by atoms with E-state index in [9.17, 15) is 9.59 Å². The molecule has 0 fully saturated rings. The normalized spacial score (nSPS) is 10.7. The number of hydrogen-bond donors (Lipinski definition) is 1. The van der Waals surface area contributed by atoms with Crippen molar-refractivity contribution in [1.82, 2.24) is 14.9 Å². The lowest BCUT2D eigenvalue weighted by molar-refractivity contribution is 0.0735. The number of rotatable bonds is 8. The van der Waals surface area contributed by atoms with Crippen LogP contribution in [-0.4, -0.2) is 41.5 Å². The first-order chi connectivity index (χ1) is 14.0. The maximum atomic E-state index is 13.2. The summed E-state index contributed by atoms with van der Waals surface area (Å²) >= 11 is 0. The summed E-state index contributed by atoms with van der Waals surface area (Å²) in [6, 6.07) is 12.2. The molecule has 152 valence electrons. The maximum absolute atomic E-state index is 13.2. The second-order valence-electron chi connectivity index (χ2n) is 6.71. The number of aromatic nitrogens is 2. The summed E-state index contributed by atoms with van der Waals surface area (Å²) in [4.78, 5) is 34.6. The van der Waals surface area contributed by atoms with Crippen LogP contribution < -0.4 is 15.0 Å². The van der Waals surface area contributed by atoms with Gasteiger partial charge in [0.1, 0.15) is 17.3 Å². The number of nitrogens with one attached hydrogen (secondary N) is 1. The highest BCUT2D eigenvalue weighted by Crippen LogP contribution is 2.24. The van der Waals surface area contributed by atoms with Gasteiger partial charge < -0.3 is 19.4 Å². The van der Waals surface area contributed by atoms with Crippen LogP contribution in [0.3, 0.4) is 0 Å². The van der Waals surface area contributed by atoms with E-state index in [1.807, 2.05) is 6.07 Å². The summed E-state index contributed by atoms with van der Waals surface area (Å²) in [5.41, 5.74) is 0.856. The van der Waals surface area contributed by atoms with Crippen LogP contribution >= 0.6 is 0 Å². The minimum Gasteiger partial charge on any atom is -0.497 e. The standard InChI is InChI=1S/C22H25N3O4/c1-4-5-10-25(22(27)15-11-16(28-2)13-17(12-15)29-3)14-20-23-19-9-7-6-8-18(19)21(26)24-20/h6-9,11-13H,4-5,10,14H2,1-3H3,(H,23,24,26). The lowest BCUT2D eigenvalue weighted by atomic mass is 10.1. The van der Waals surface area contributed by atoms with Crippen LogP contribution in [0.15, 0.2) is 47.3 Å². The fourth-order valence-electron chi connectivity index (χ4n) is 3.11. The molecule has 0 aliphatic carbocycles. The van der Waals surface area contributed by atoms with Crippen molar-refractivity contribution in [1.29, 1.82) is 0 Å². The molecule has 0 aliphatic rings. The van der Waals surface area contributed by atoms with Gasteiger partial charge in [-0.25, -0.2) is 4.98 Å². The predicted octanol–water partition coefficient (Wildman–Crippen LogP) is 3.38. The molecule has 0 saturated carbocycles. The van der Waals surface area contributed by atoms with Crippen molar-refractivity contribution >= 4 is 16.8 Å². The topological polar surface area (TPSA) is 84.5 Å². The molecule has 1 heterocycles. The molecule has 1 N–H and O–H groups in total. The molecular formula is C22H25N3O4. The molecule has 29 heavy (non-hydrogen) atoms. The van der Waals surface area contributed by atoms with Crippen molar-refractivity contribution in [3.63, 3.8) is 0 Å². The molecule has 0 aliphatic heterocycles. The second kappa shape index (κ2) is 9.23. The molecular weight excluding hydrogens is 370 g/mol. The van der Waals surface area contributed by atoms with Crippen molar-refractivity contribution < 1.29 is 14.3 Å². The average Bonchev–Trinajstić information content (AvgIpc) is 2.75. The monoisotopic (exact) mass is 395 g/mol. The number of nitrogens with zero attached hydrogens (tertiary/aromatic N) is 2. The Balaban J connectivity index is 1.94. The van der Waals surface area contributed by atoms with E-state index in [2.05, 4.69) is 16.9 Å². The van der Waals surface area contributed by atoms with Gasteiger partial charge in [-0.2, -0.15) is 0 Å². The van der Waals surface area contributed by atoms with Crippen molar-refractivity contribution in [3.05, 3.63) is 64.2 Å². The zero-order valence-corrected chi connectivity index (χ0v) is 16.9. The minimum absolute atomic E-state index is 0.175. The summed E-state index contributed by atoms with van der Waals surface area (Å²) in [5.74, 6) is 1.36. The molecule has 0 unspecified atom stereocenters. The summed E-state index contributed by atoms with van der Waals surface area (Å²) in [6.07, 6.45) is 1.78. The highest BCUT2D eigenvalue weighted by Gasteiger charge is 2.19. The third-order valence-electron chi connectivity index (χ3n) is 4.67. The first-order valence-electron chi connectivity index (χ1n) is 9.56. The van der Waals surface area contributed by atoms with Gasteiger partial charge in [-0.15, -0.1) is 0 Å². The van der Waals surface area contributed by atoms with Crippen LogP contribution in [0.5, 0.6) is 11.5 Å². The van der Waals surface area contributed by atoms with Gasteiger partial charge in [0.2, 0.25) is 0 Å². The molecule has 3 rings (SSSR count). The number of carbonyl (C=O) groups excluding carboxylic acids is 1. The molecule has 0 radical (unpaired) electrons. The van der Waals surface area contributed by atoms with Crippen LogP contribution in [0.2, 0.25) is 0 Å². The van der Waals surface area contributed by atoms with Crippen molar-refractivity contribution in [3.8, 4) is 11.5 Å². The third kappa shape index (κ3) is 4.74. The molecule has 3 aromatic rings. The number of methoxy groups -OCH3 is 2. The van der Waals surface area contributed by atoms with Crippen molar-refractivity contribution in [2.45, 2.75) is 26.3 Å². The van der Waals surface area contributed by atoms with Gasteiger partial charge in [-0.3, -0.25) is 9.59 Å².